The van der Waals surface area contributed by atoms with Gasteiger partial charge in [-0.2, -0.15) is 0 Å². The van der Waals surface area contributed by atoms with Gasteiger partial charge in [0.25, 0.3) is 5.91 Å². The highest BCUT2D eigenvalue weighted by Crippen LogP contribution is 2.31. The maximum Gasteiger partial charge on any atom is 0.287 e. The number of benzene rings is 2. The number of aryl methyl sites for hydroxylation is 1. The van der Waals surface area contributed by atoms with E-state index in [1.54, 1.807) is 6.07 Å². The van der Waals surface area contributed by atoms with Crippen molar-refractivity contribution in [2.45, 2.75) is 25.5 Å². The molecule has 0 unspecified atom stereocenters. The highest BCUT2D eigenvalue weighted by molar-refractivity contribution is 5.93. The van der Waals surface area contributed by atoms with E-state index < -0.39 is 0 Å². The summed E-state index contributed by atoms with van der Waals surface area (Å²) < 4.78 is 11.1. The van der Waals surface area contributed by atoms with Gasteiger partial charge in [0.05, 0.1) is 12.3 Å². The van der Waals surface area contributed by atoms with E-state index >= 15 is 0 Å². The maximum atomic E-state index is 12.6. The first kappa shape index (κ1) is 15.5. The minimum absolute atomic E-state index is 0.0386. The summed E-state index contributed by atoms with van der Waals surface area (Å²) in [5.41, 5.74) is 3.25. The van der Waals surface area contributed by atoms with E-state index in [2.05, 4.69) is 17.4 Å². The average Bonchev–Trinajstić information content (AvgIpc) is 3.28. The molecule has 1 aliphatic carbocycles. The van der Waals surface area contributed by atoms with Gasteiger partial charge in [-0.1, -0.05) is 42.5 Å². The van der Waals surface area contributed by atoms with Crippen LogP contribution in [0.4, 0.5) is 0 Å². The molecule has 1 amide bonds. The van der Waals surface area contributed by atoms with Crippen LogP contribution in [0.2, 0.25) is 0 Å². The molecule has 1 aromatic heterocycles. The van der Waals surface area contributed by atoms with Gasteiger partial charge in [-0.25, -0.2) is 0 Å². The summed E-state index contributed by atoms with van der Waals surface area (Å²) in [6.07, 6.45) is 3.44. The van der Waals surface area contributed by atoms with E-state index in [4.69, 9.17) is 9.15 Å². The van der Waals surface area contributed by atoms with Crippen LogP contribution in [0, 0.1) is 0 Å². The zero-order valence-corrected chi connectivity index (χ0v) is 13.8. The monoisotopic (exact) mass is 333 g/mol. The lowest BCUT2D eigenvalue weighted by atomic mass is 10.1. The number of ether oxygens (including phenoxy) is 1. The molecule has 2 aromatic carbocycles. The zero-order chi connectivity index (χ0) is 17.1. The fraction of sp³-hybridized carbons (Fsp3) is 0.190. The molecule has 1 atom stereocenters. The molecule has 3 aromatic rings. The minimum Gasteiger partial charge on any atom is -0.489 e. The quantitative estimate of drug-likeness (QED) is 0.758. The third kappa shape index (κ3) is 3.29. The molecule has 0 aliphatic heterocycles. The van der Waals surface area contributed by atoms with Crippen LogP contribution < -0.4 is 10.1 Å². The maximum absolute atomic E-state index is 12.6. The molecule has 0 bridgehead atoms. The van der Waals surface area contributed by atoms with Crippen molar-refractivity contribution in [3.63, 3.8) is 0 Å². The van der Waals surface area contributed by atoms with Gasteiger partial charge in [0.1, 0.15) is 12.4 Å². The van der Waals surface area contributed by atoms with Crippen molar-refractivity contribution in [2.24, 2.45) is 0 Å². The second-order valence-electron chi connectivity index (χ2n) is 6.14. The first-order valence-corrected chi connectivity index (χ1v) is 8.44. The van der Waals surface area contributed by atoms with E-state index in [-0.39, 0.29) is 11.9 Å². The smallest absolute Gasteiger partial charge is 0.287 e. The Kier molecular flexibility index (Phi) is 4.25. The van der Waals surface area contributed by atoms with Gasteiger partial charge in [-0.05, 0) is 42.2 Å². The first-order valence-electron chi connectivity index (χ1n) is 8.44. The standard InChI is InChI=1S/C21H19NO3/c23-21(22-19-11-10-15-6-4-5-9-18(15)19)20-16(12-13-24-20)14-25-17-7-2-1-3-8-17/h1-9,12-13,19H,10-11,14H2,(H,22,23)/t19-/m1/s1. The highest BCUT2D eigenvalue weighted by Gasteiger charge is 2.26. The molecule has 0 saturated carbocycles. The van der Waals surface area contributed by atoms with E-state index in [0.717, 1.165) is 24.2 Å². The molecule has 4 heteroatoms. The normalized spacial score (nSPS) is 15.6. The van der Waals surface area contributed by atoms with Gasteiger partial charge in [-0.3, -0.25) is 4.79 Å². The summed E-state index contributed by atoms with van der Waals surface area (Å²) in [6, 6.07) is 19.6. The summed E-state index contributed by atoms with van der Waals surface area (Å²) in [7, 11) is 0. The Hall–Kier alpha value is -3.01. The fourth-order valence-corrected chi connectivity index (χ4v) is 3.26. The van der Waals surface area contributed by atoms with Crippen molar-refractivity contribution in [1.29, 1.82) is 0 Å². The molecule has 0 radical (unpaired) electrons. The topological polar surface area (TPSA) is 51.5 Å². The summed E-state index contributed by atoms with van der Waals surface area (Å²) in [4.78, 5) is 12.6. The molecule has 1 N–H and O–H groups in total. The zero-order valence-electron chi connectivity index (χ0n) is 13.8. The molecule has 0 saturated heterocycles. The lowest BCUT2D eigenvalue weighted by Crippen LogP contribution is -2.27. The predicted molar refractivity (Wildman–Crippen MR) is 94.5 cm³/mol. The lowest BCUT2D eigenvalue weighted by Gasteiger charge is -2.14. The van der Waals surface area contributed by atoms with E-state index in [9.17, 15) is 4.79 Å². The number of hydrogen-bond acceptors (Lipinski definition) is 3. The predicted octanol–water partition coefficient (Wildman–Crippen LogP) is 4.28. The van der Waals surface area contributed by atoms with Crippen molar-refractivity contribution in [3.05, 3.63) is 89.4 Å². The second kappa shape index (κ2) is 6.85. The molecule has 0 fully saturated rings. The summed E-state index contributed by atoms with van der Waals surface area (Å²) >= 11 is 0. The van der Waals surface area contributed by atoms with Crippen molar-refractivity contribution >= 4 is 5.91 Å². The van der Waals surface area contributed by atoms with Crippen LogP contribution in [-0.2, 0) is 13.0 Å². The Morgan fingerprint density at radius 3 is 2.76 bits per heavy atom. The Morgan fingerprint density at radius 2 is 1.88 bits per heavy atom. The Labute approximate surface area is 146 Å². The Balaban J connectivity index is 1.44. The van der Waals surface area contributed by atoms with Gasteiger partial charge in [0.2, 0.25) is 0 Å². The SMILES string of the molecule is O=C(N[C@@H]1CCc2ccccc21)c1occc1COc1ccccc1. The molecule has 126 valence electrons. The van der Waals surface area contributed by atoms with Crippen LogP contribution in [-0.4, -0.2) is 5.91 Å². The molecule has 4 rings (SSSR count). The number of rotatable bonds is 5. The molecule has 1 aliphatic rings. The van der Waals surface area contributed by atoms with Gasteiger partial charge in [-0.15, -0.1) is 0 Å². The minimum atomic E-state index is -0.196. The number of nitrogens with one attached hydrogen (secondary N) is 1. The van der Waals surface area contributed by atoms with E-state index in [1.165, 1.54) is 17.4 Å². The number of hydrogen-bond donors (Lipinski definition) is 1. The van der Waals surface area contributed by atoms with Gasteiger partial charge < -0.3 is 14.5 Å². The molecule has 0 spiro atoms. The van der Waals surface area contributed by atoms with Crippen molar-refractivity contribution < 1.29 is 13.9 Å². The number of para-hydroxylation sites is 1. The molecule has 25 heavy (non-hydrogen) atoms. The van der Waals surface area contributed by atoms with Gasteiger partial charge in [0, 0.05) is 5.56 Å². The fourth-order valence-electron chi connectivity index (χ4n) is 3.26. The summed E-state index contributed by atoms with van der Waals surface area (Å²) in [6.45, 7) is 0.296. The number of carbonyl (C=O) groups excluding carboxylic acids is 1. The van der Waals surface area contributed by atoms with Gasteiger partial charge in [0.15, 0.2) is 5.76 Å². The van der Waals surface area contributed by atoms with Crippen molar-refractivity contribution in [2.75, 3.05) is 0 Å². The number of carbonyl (C=O) groups is 1. The molecular weight excluding hydrogens is 314 g/mol. The first-order chi connectivity index (χ1) is 12.3. The van der Waals surface area contributed by atoms with Crippen LogP contribution in [0.1, 0.15) is 39.7 Å². The van der Waals surface area contributed by atoms with Crippen LogP contribution in [0.5, 0.6) is 5.75 Å². The Bertz CT molecular complexity index is 870. The lowest BCUT2D eigenvalue weighted by molar-refractivity contribution is 0.0905. The summed E-state index contributed by atoms with van der Waals surface area (Å²) in [5.74, 6) is 0.887. The van der Waals surface area contributed by atoms with Crippen LogP contribution in [0.3, 0.4) is 0 Å². The number of amides is 1. The van der Waals surface area contributed by atoms with Crippen LogP contribution >= 0.6 is 0 Å². The van der Waals surface area contributed by atoms with Gasteiger partial charge >= 0.3 is 0 Å². The van der Waals surface area contributed by atoms with Crippen LogP contribution in [0.15, 0.2) is 71.3 Å². The second-order valence-corrected chi connectivity index (χ2v) is 6.14. The molecule has 4 nitrogen and oxygen atoms in total. The summed E-state index contributed by atoms with van der Waals surface area (Å²) in [5, 5.41) is 3.09. The third-order valence-electron chi connectivity index (χ3n) is 4.53. The molecular formula is C21H19NO3. The Morgan fingerprint density at radius 1 is 1.08 bits per heavy atom. The number of fused-ring (bicyclic) bond motifs is 1. The van der Waals surface area contributed by atoms with Crippen molar-refractivity contribution in [1.82, 2.24) is 5.32 Å². The largest absolute Gasteiger partial charge is 0.489 e. The average molecular weight is 333 g/mol. The third-order valence-corrected chi connectivity index (χ3v) is 4.53. The number of furan rings is 1. The highest BCUT2D eigenvalue weighted by atomic mass is 16.5. The van der Waals surface area contributed by atoms with Crippen LogP contribution in [0.25, 0.3) is 0 Å². The van der Waals surface area contributed by atoms with E-state index in [1.807, 2.05) is 42.5 Å². The van der Waals surface area contributed by atoms with Crippen molar-refractivity contribution in [3.8, 4) is 5.75 Å². The molecule has 1 heterocycles. The van der Waals surface area contributed by atoms with E-state index in [0.29, 0.717) is 12.4 Å².